The second-order valence-electron chi connectivity index (χ2n) is 8.01. The Kier molecular flexibility index (Phi) is 8.43. The van der Waals surface area contributed by atoms with E-state index in [1.165, 1.54) is 33.5 Å². The van der Waals surface area contributed by atoms with Gasteiger partial charge in [-0.2, -0.15) is 4.31 Å². The number of rotatable bonds is 9. The van der Waals surface area contributed by atoms with Gasteiger partial charge in [-0.3, -0.25) is 4.79 Å². The van der Waals surface area contributed by atoms with Crippen molar-refractivity contribution in [3.63, 3.8) is 0 Å². The van der Waals surface area contributed by atoms with Gasteiger partial charge in [0, 0.05) is 44.2 Å². The van der Waals surface area contributed by atoms with Crippen LogP contribution < -0.4 is 4.72 Å². The number of halogens is 2. The second kappa shape index (κ2) is 10.8. The van der Waals surface area contributed by atoms with Crippen molar-refractivity contribution >= 4 is 49.2 Å². The topological polar surface area (TPSA) is 104 Å². The van der Waals surface area contributed by atoms with Gasteiger partial charge in [0.25, 0.3) is 5.91 Å². The highest BCUT2D eigenvalue weighted by Gasteiger charge is 2.33. The van der Waals surface area contributed by atoms with E-state index in [0.717, 1.165) is 11.0 Å². The third-order valence-corrected chi connectivity index (χ3v) is 9.16. The molecule has 0 unspecified atom stereocenters. The van der Waals surface area contributed by atoms with Gasteiger partial charge in [0.15, 0.2) is 0 Å². The Morgan fingerprint density at radius 2 is 1.82 bits per heavy atom. The Morgan fingerprint density at radius 1 is 1.15 bits per heavy atom. The van der Waals surface area contributed by atoms with Crippen LogP contribution in [0.15, 0.2) is 59.3 Å². The molecule has 0 spiro atoms. The van der Waals surface area contributed by atoms with Gasteiger partial charge in [0.2, 0.25) is 20.0 Å². The van der Waals surface area contributed by atoms with Crippen LogP contribution in [0, 0.1) is 5.92 Å². The molecule has 34 heavy (non-hydrogen) atoms. The number of nitrogens with one attached hydrogen (secondary N) is 1. The Morgan fingerprint density at radius 3 is 2.44 bits per heavy atom. The van der Waals surface area contributed by atoms with E-state index in [9.17, 15) is 21.6 Å². The monoisotopic (exact) mass is 545 g/mol. The molecule has 1 saturated heterocycles. The fraction of sp³-hybridized carbons (Fsp3) is 0.318. The molecule has 184 valence electrons. The first-order chi connectivity index (χ1) is 15.9. The molecule has 1 fully saturated rings. The van der Waals surface area contributed by atoms with E-state index in [-0.39, 0.29) is 36.4 Å². The predicted octanol–water partition coefficient (Wildman–Crippen LogP) is 3.34. The molecule has 1 atom stereocenters. The Bertz CT molecular complexity index is 1280. The molecule has 2 aromatic rings. The maximum atomic E-state index is 13.0. The van der Waals surface area contributed by atoms with Crippen LogP contribution in [0.2, 0.25) is 10.0 Å². The molecule has 0 aromatic heterocycles. The zero-order valence-electron chi connectivity index (χ0n) is 18.4. The summed E-state index contributed by atoms with van der Waals surface area (Å²) in [6.45, 7) is 4.17. The van der Waals surface area contributed by atoms with Gasteiger partial charge in [-0.1, -0.05) is 35.8 Å². The van der Waals surface area contributed by atoms with Gasteiger partial charge in [-0.05, 0) is 54.3 Å². The van der Waals surface area contributed by atoms with Gasteiger partial charge in [0.1, 0.15) is 0 Å². The fourth-order valence-electron chi connectivity index (χ4n) is 3.60. The molecule has 1 N–H and O–H groups in total. The average Bonchev–Trinajstić information content (AvgIpc) is 3.30. The van der Waals surface area contributed by atoms with Crippen LogP contribution in [0.25, 0.3) is 0 Å². The zero-order valence-corrected chi connectivity index (χ0v) is 21.6. The summed E-state index contributed by atoms with van der Waals surface area (Å²) in [4.78, 5) is 14.4. The average molecular weight is 546 g/mol. The van der Waals surface area contributed by atoms with Crippen LogP contribution in [-0.4, -0.2) is 58.6 Å². The highest BCUT2D eigenvalue weighted by Crippen LogP contribution is 2.25. The Balaban J connectivity index is 1.64. The third-order valence-electron chi connectivity index (χ3n) is 5.53. The van der Waals surface area contributed by atoms with E-state index in [1.54, 1.807) is 25.2 Å². The largest absolute Gasteiger partial charge is 0.337 e. The molecule has 2 aromatic carbocycles. The van der Waals surface area contributed by atoms with Crippen molar-refractivity contribution in [2.24, 2.45) is 5.92 Å². The van der Waals surface area contributed by atoms with Crippen molar-refractivity contribution in [1.29, 1.82) is 0 Å². The smallest absolute Gasteiger partial charge is 0.253 e. The molecule has 12 heteroatoms. The summed E-state index contributed by atoms with van der Waals surface area (Å²) in [5, 5.41) is 1.65. The van der Waals surface area contributed by atoms with Gasteiger partial charge in [0.05, 0.1) is 14.9 Å². The van der Waals surface area contributed by atoms with E-state index in [2.05, 4.69) is 11.3 Å². The highest BCUT2D eigenvalue weighted by atomic mass is 35.5. The summed E-state index contributed by atoms with van der Waals surface area (Å²) in [6, 6.07) is 10.9. The van der Waals surface area contributed by atoms with Crippen LogP contribution in [0.1, 0.15) is 22.3 Å². The van der Waals surface area contributed by atoms with Gasteiger partial charge in [-0.15, -0.1) is 0 Å². The van der Waals surface area contributed by atoms with Crippen molar-refractivity contribution in [3.8, 4) is 0 Å². The van der Waals surface area contributed by atoms with Crippen molar-refractivity contribution in [2.75, 3.05) is 26.7 Å². The van der Waals surface area contributed by atoms with E-state index in [1.807, 2.05) is 0 Å². The van der Waals surface area contributed by atoms with Crippen LogP contribution >= 0.6 is 23.2 Å². The highest BCUT2D eigenvalue weighted by molar-refractivity contribution is 7.92. The Hall–Kier alpha value is -1.95. The van der Waals surface area contributed by atoms with Gasteiger partial charge in [-0.25, -0.2) is 21.6 Å². The SMILES string of the molecule is C=CS(=O)(=O)NC[C@H]1CCN(S(=O)(=O)c2ccc(C(=O)N(C)Cc3ccc(Cl)c(Cl)c3)cc2)C1. The number of hydrogen-bond acceptors (Lipinski definition) is 5. The molecular formula is C22H25Cl2N3O5S2. The molecule has 0 saturated carbocycles. The first kappa shape index (κ1) is 26.7. The summed E-state index contributed by atoms with van der Waals surface area (Å²) in [7, 11) is -5.69. The molecule has 1 aliphatic heterocycles. The second-order valence-corrected chi connectivity index (χ2v) is 12.5. The number of nitrogens with zero attached hydrogens (tertiary/aromatic N) is 2. The van der Waals surface area contributed by atoms with Crippen molar-refractivity contribution < 1.29 is 21.6 Å². The summed E-state index contributed by atoms with van der Waals surface area (Å²) in [6.07, 6.45) is 0.537. The molecule has 3 rings (SSSR count). The van der Waals surface area contributed by atoms with E-state index >= 15 is 0 Å². The standard InChI is InChI=1S/C22H25Cl2N3O5S2/c1-3-33(29,30)25-13-17-10-11-27(15-17)34(31,32)19-7-5-18(6-8-19)22(28)26(2)14-16-4-9-20(23)21(24)12-16/h3-9,12,17,25H,1,10-11,13-15H2,2H3/t17-/m1/s1. The fourth-order valence-corrected chi connectivity index (χ4v) is 6.04. The quantitative estimate of drug-likeness (QED) is 0.520. The first-order valence-electron chi connectivity index (χ1n) is 10.3. The van der Waals surface area contributed by atoms with E-state index in [4.69, 9.17) is 23.2 Å². The molecule has 0 radical (unpaired) electrons. The van der Waals surface area contributed by atoms with E-state index < -0.39 is 20.0 Å². The number of sulfonamides is 2. The molecule has 1 aliphatic rings. The minimum atomic E-state index is -3.77. The maximum Gasteiger partial charge on any atom is 0.253 e. The maximum absolute atomic E-state index is 13.0. The van der Waals surface area contributed by atoms with Crippen molar-refractivity contribution in [2.45, 2.75) is 17.9 Å². The van der Waals surface area contributed by atoms with Crippen molar-refractivity contribution in [3.05, 3.63) is 75.6 Å². The number of amides is 1. The number of carbonyl (C=O) groups excluding carboxylic acids is 1. The zero-order chi connectivity index (χ0) is 25.1. The van der Waals surface area contributed by atoms with Crippen LogP contribution in [-0.2, 0) is 26.6 Å². The third kappa shape index (κ3) is 6.38. The summed E-state index contributed by atoms with van der Waals surface area (Å²) in [5.74, 6) is -0.411. The van der Waals surface area contributed by atoms with Gasteiger partial charge >= 0.3 is 0 Å². The number of carbonyl (C=O) groups is 1. The lowest BCUT2D eigenvalue weighted by molar-refractivity contribution is 0.0785. The minimum absolute atomic E-state index is 0.0727. The number of hydrogen-bond donors (Lipinski definition) is 1. The normalized spacial score (nSPS) is 17.0. The molecule has 0 bridgehead atoms. The van der Waals surface area contributed by atoms with Crippen LogP contribution in [0.5, 0.6) is 0 Å². The first-order valence-corrected chi connectivity index (χ1v) is 14.1. The summed E-state index contributed by atoms with van der Waals surface area (Å²) in [5.41, 5.74) is 1.16. The minimum Gasteiger partial charge on any atom is -0.337 e. The lowest BCUT2D eigenvalue weighted by atomic mass is 10.1. The van der Waals surface area contributed by atoms with Crippen LogP contribution in [0.3, 0.4) is 0 Å². The van der Waals surface area contributed by atoms with Crippen LogP contribution in [0.4, 0.5) is 0 Å². The summed E-state index contributed by atoms with van der Waals surface area (Å²) < 4.78 is 52.8. The Labute approximate surface area is 210 Å². The molecule has 0 aliphatic carbocycles. The lowest BCUT2D eigenvalue weighted by Crippen LogP contribution is -2.32. The molecule has 1 heterocycles. The van der Waals surface area contributed by atoms with E-state index in [0.29, 0.717) is 28.6 Å². The van der Waals surface area contributed by atoms with Crippen molar-refractivity contribution in [1.82, 2.24) is 13.9 Å². The predicted molar refractivity (Wildman–Crippen MR) is 133 cm³/mol. The molecule has 1 amide bonds. The van der Waals surface area contributed by atoms with Gasteiger partial charge < -0.3 is 4.90 Å². The summed E-state index contributed by atoms with van der Waals surface area (Å²) >= 11 is 12.0. The number of benzene rings is 2. The molecular weight excluding hydrogens is 521 g/mol. The molecule has 8 nitrogen and oxygen atoms in total. The lowest BCUT2D eigenvalue weighted by Gasteiger charge is -2.19.